The number of amides is 1. The molecule has 0 aliphatic heterocycles. The van der Waals surface area contributed by atoms with Crippen LogP contribution in [0.25, 0.3) is 0 Å². The molecule has 0 aliphatic rings. The van der Waals surface area contributed by atoms with Crippen LogP contribution in [0.4, 0.5) is 0 Å². The van der Waals surface area contributed by atoms with E-state index in [2.05, 4.69) is 67.8 Å². The lowest BCUT2D eigenvalue weighted by atomic mass is 10.0. The van der Waals surface area contributed by atoms with Gasteiger partial charge in [-0.15, -0.1) is 0 Å². The second kappa shape index (κ2) is 51.4. The lowest BCUT2D eigenvalue weighted by Crippen LogP contribution is -2.45. The molecular formula is C56H103NO3. The molecule has 0 fully saturated rings. The largest absolute Gasteiger partial charge is 0.394 e. The van der Waals surface area contributed by atoms with E-state index in [-0.39, 0.29) is 12.5 Å². The SMILES string of the molecule is CC/C=C\C/C=C\C/C=C\C/C=C\CCCCCCC(=O)NC(CO)C(O)/C=C/CCCCCCCCCCCCCCCCCCCCCCCCCCCCCCC. The zero-order chi connectivity index (χ0) is 43.5. The molecule has 4 heteroatoms. The fourth-order valence-corrected chi connectivity index (χ4v) is 7.99. The Kier molecular flexibility index (Phi) is 49.8. The van der Waals surface area contributed by atoms with Gasteiger partial charge in [0.1, 0.15) is 0 Å². The molecule has 2 unspecified atom stereocenters. The molecule has 0 heterocycles. The highest BCUT2D eigenvalue weighted by molar-refractivity contribution is 5.76. The summed E-state index contributed by atoms with van der Waals surface area (Å²) in [6, 6.07) is -0.638. The number of hydrogen-bond donors (Lipinski definition) is 3. The maximum atomic E-state index is 12.4. The smallest absolute Gasteiger partial charge is 0.220 e. The molecule has 350 valence electrons. The van der Waals surface area contributed by atoms with Gasteiger partial charge < -0.3 is 15.5 Å². The molecule has 0 bridgehead atoms. The molecule has 1 amide bonds. The zero-order valence-electron chi connectivity index (χ0n) is 40.2. The Morgan fingerprint density at radius 2 is 0.733 bits per heavy atom. The number of allylic oxidation sites excluding steroid dienone is 9. The first-order chi connectivity index (χ1) is 29.7. The van der Waals surface area contributed by atoms with Gasteiger partial charge in [-0.25, -0.2) is 0 Å². The summed E-state index contributed by atoms with van der Waals surface area (Å²) in [5.74, 6) is -0.0867. The predicted molar refractivity (Wildman–Crippen MR) is 267 cm³/mol. The molecule has 0 aromatic heterocycles. The van der Waals surface area contributed by atoms with Gasteiger partial charge >= 0.3 is 0 Å². The highest BCUT2D eigenvalue weighted by Crippen LogP contribution is 2.17. The topological polar surface area (TPSA) is 69.6 Å². The number of nitrogens with one attached hydrogen (secondary N) is 1. The van der Waals surface area contributed by atoms with Crippen molar-refractivity contribution >= 4 is 5.91 Å². The Morgan fingerprint density at radius 1 is 0.417 bits per heavy atom. The number of hydrogen-bond acceptors (Lipinski definition) is 3. The van der Waals surface area contributed by atoms with Crippen molar-refractivity contribution in [2.24, 2.45) is 0 Å². The minimum atomic E-state index is -0.853. The van der Waals surface area contributed by atoms with Crippen molar-refractivity contribution in [3.05, 3.63) is 60.8 Å². The van der Waals surface area contributed by atoms with E-state index in [1.807, 2.05) is 6.08 Å². The summed E-state index contributed by atoms with van der Waals surface area (Å²) in [6.07, 6.45) is 72.4. The molecule has 3 N–H and O–H groups in total. The Bertz CT molecular complexity index is 996. The van der Waals surface area contributed by atoms with Crippen LogP contribution in [0.5, 0.6) is 0 Å². The van der Waals surface area contributed by atoms with E-state index >= 15 is 0 Å². The molecule has 60 heavy (non-hydrogen) atoms. The van der Waals surface area contributed by atoms with Crippen LogP contribution in [0.3, 0.4) is 0 Å². The van der Waals surface area contributed by atoms with Gasteiger partial charge in [0.25, 0.3) is 0 Å². The molecule has 0 rings (SSSR count). The van der Waals surface area contributed by atoms with Crippen LogP contribution in [-0.2, 0) is 4.79 Å². The fourth-order valence-electron chi connectivity index (χ4n) is 7.99. The zero-order valence-corrected chi connectivity index (χ0v) is 40.2. The summed E-state index contributed by atoms with van der Waals surface area (Å²) in [4.78, 5) is 12.4. The maximum absolute atomic E-state index is 12.4. The third-order valence-corrected chi connectivity index (χ3v) is 12.0. The number of rotatable bonds is 48. The fraction of sp³-hybridized carbons (Fsp3) is 0.804. The summed E-state index contributed by atoms with van der Waals surface area (Å²) in [5.41, 5.74) is 0. The van der Waals surface area contributed by atoms with Crippen molar-refractivity contribution in [1.82, 2.24) is 5.32 Å². The number of carbonyl (C=O) groups is 1. The summed E-state index contributed by atoms with van der Waals surface area (Å²) in [6.45, 7) is 4.20. The van der Waals surface area contributed by atoms with E-state index in [0.717, 1.165) is 70.6 Å². The highest BCUT2D eigenvalue weighted by atomic mass is 16.3. The quantitative estimate of drug-likeness (QED) is 0.0422. The molecule has 0 spiro atoms. The molecule has 2 atom stereocenters. The first-order valence-corrected chi connectivity index (χ1v) is 26.5. The molecule has 0 saturated heterocycles. The molecule has 0 radical (unpaired) electrons. The Morgan fingerprint density at radius 3 is 1.10 bits per heavy atom. The van der Waals surface area contributed by atoms with Crippen LogP contribution >= 0.6 is 0 Å². The molecule has 0 aromatic rings. The number of aliphatic hydroxyl groups excluding tert-OH is 2. The monoisotopic (exact) mass is 838 g/mol. The van der Waals surface area contributed by atoms with Crippen LogP contribution < -0.4 is 5.32 Å². The summed E-state index contributed by atoms with van der Waals surface area (Å²) in [5, 5.41) is 23.1. The molecule has 0 saturated carbocycles. The van der Waals surface area contributed by atoms with Crippen LogP contribution in [0.15, 0.2) is 60.8 Å². The Labute approximate surface area is 375 Å². The van der Waals surface area contributed by atoms with Crippen molar-refractivity contribution in [2.45, 2.75) is 283 Å². The lowest BCUT2D eigenvalue weighted by Gasteiger charge is -2.20. The van der Waals surface area contributed by atoms with E-state index in [1.165, 1.54) is 180 Å². The van der Waals surface area contributed by atoms with E-state index in [9.17, 15) is 15.0 Å². The average Bonchev–Trinajstić information content (AvgIpc) is 3.25. The minimum Gasteiger partial charge on any atom is -0.394 e. The second-order valence-electron chi connectivity index (χ2n) is 17.9. The number of aliphatic hydroxyl groups is 2. The van der Waals surface area contributed by atoms with Crippen molar-refractivity contribution < 1.29 is 15.0 Å². The molecule has 4 nitrogen and oxygen atoms in total. The van der Waals surface area contributed by atoms with Crippen molar-refractivity contribution in [1.29, 1.82) is 0 Å². The predicted octanol–water partition coefficient (Wildman–Crippen LogP) is 17.2. The summed E-state index contributed by atoms with van der Waals surface area (Å²) in [7, 11) is 0. The third kappa shape index (κ3) is 47.1. The van der Waals surface area contributed by atoms with E-state index in [4.69, 9.17) is 0 Å². The van der Waals surface area contributed by atoms with Crippen LogP contribution in [0, 0.1) is 0 Å². The summed E-state index contributed by atoms with van der Waals surface area (Å²) < 4.78 is 0. The maximum Gasteiger partial charge on any atom is 0.220 e. The van der Waals surface area contributed by atoms with Crippen LogP contribution in [0.1, 0.15) is 271 Å². The molecule has 0 aliphatic carbocycles. The highest BCUT2D eigenvalue weighted by Gasteiger charge is 2.18. The average molecular weight is 838 g/mol. The van der Waals surface area contributed by atoms with E-state index in [1.54, 1.807) is 6.08 Å². The van der Waals surface area contributed by atoms with Crippen molar-refractivity contribution in [2.75, 3.05) is 6.61 Å². The van der Waals surface area contributed by atoms with E-state index in [0.29, 0.717) is 6.42 Å². The standard InChI is InChI=1S/C56H103NO3/c1-3-5-7-9-11-13-15-17-19-21-22-23-24-25-26-27-28-29-30-31-32-33-34-36-37-39-41-43-45-47-49-51-55(59)54(53-58)57-56(60)52-50-48-46-44-42-40-38-35-20-18-16-14-12-10-8-6-4-2/h6,8,12,14,18,20,38,40,49,51,54-55,58-59H,3-5,7,9-11,13,15-17,19,21-37,39,41-48,50,52-53H2,1-2H3,(H,57,60)/b8-6-,14-12-,20-18-,40-38-,51-49+. The van der Waals surface area contributed by atoms with Gasteiger partial charge in [-0.3, -0.25) is 4.79 Å². The first kappa shape index (κ1) is 58.1. The molecule has 0 aromatic carbocycles. The normalized spacial score (nSPS) is 13.3. The van der Waals surface area contributed by atoms with Crippen LogP contribution in [-0.4, -0.2) is 34.9 Å². The van der Waals surface area contributed by atoms with Gasteiger partial charge in [-0.1, -0.05) is 267 Å². The van der Waals surface area contributed by atoms with Gasteiger partial charge in [-0.05, 0) is 57.8 Å². The first-order valence-electron chi connectivity index (χ1n) is 26.5. The van der Waals surface area contributed by atoms with Gasteiger partial charge in [-0.2, -0.15) is 0 Å². The van der Waals surface area contributed by atoms with Crippen LogP contribution in [0.2, 0.25) is 0 Å². The Hall–Kier alpha value is -1.91. The van der Waals surface area contributed by atoms with Gasteiger partial charge in [0.05, 0.1) is 18.8 Å². The number of carbonyl (C=O) groups excluding carboxylic acids is 1. The van der Waals surface area contributed by atoms with Crippen molar-refractivity contribution in [3.63, 3.8) is 0 Å². The van der Waals surface area contributed by atoms with Gasteiger partial charge in [0.2, 0.25) is 5.91 Å². The summed E-state index contributed by atoms with van der Waals surface area (Å²) >= 11 is 0. The molecular weight excluding hydrogens is 735 g/mol. The van der Waals surface area contributed by atoms with Gasteiger partial charge in [0, 0.05) is 6.42 Å². The number of unbranched alkanes of at least 4 members (excludes halogenated alkanes) is 33. The Balaban J connectivity index is 3.50. The second-order valence-corrected chi connectivity index (χ2v) is 17.9. The van der Waals surface area contributed by atoms with Crippen molar-refractivity contribution in [3.8, 4) is 0 Å². The minimum absolute atomic E-state index is 0.0867. The lowest BCUT2D eigenvalue weighted by molar-refractivity contribution is -0.123. The van der Waals surface area contributed by atoms with Gasteiger partial charge in [0.15, 0.2) is 0 Å². The van der Waals surface area contributed by atoms with E-state index < -0.39 is 12.1 Å². The third-order valence-electron chi connectivity index (χ3n) is 12.0.